The van der Waals surface area contributed by atoms with Gasteiger partial charge in [0.2, 0.25) is 5.91 Å². The first-order chi connectivity index (χ1) is 13.1. The minimum Gasteiger partial charge on any atom is -0.312 e. The third-order valence-electron chi connectivity index (χ3n) is 5.13. The molecule has 0 spiro atoms. The van der Waals surface area contributed by atoms with E-state index in [4.69, 9.17) is 4.98 Å². The Labute approximate surface area is 159 Å². The number of non-ortho nitro benzene ring substituents is 1. The fraction of sp³-hybridized carbons (Fsp3) is 0.200. The van der Waals surface area contributed by atoms with Gasteiger partial charge in [0, 0.05) is 35.2 Å². The molecule has 2 aliphatic rings. The van der Waals surface area contributed by atoms with Gasteiger partial charge in [0.25, 0.3) is 5.69 Å². The Morgan fingerprint density at radius 3 is 2.67 bits per heavy atom. The number of carbonyl (C=O) groups is 1. The molecule has 1 aromatic heterocycles. The Kier molecular flexibility index (Phi) is 3.58. The quantitative estimate of drug-likeness (QED) is 0.506. The topological polar surface area (TPSA) is 76.3 Å². The van der Waals surface area contributed by atoms with Gasteiger partial charge >= 0.3 is 0 Å². The number of thiazole rings is 1. The lowest BCUT2D eigenvalue weighted by molar-refractivity contribution is -0.384. The molecule has 0 aliphatic carbocycles. The van der Waals surface area contributed by atoms with E-state index in [1.807, 2.05) is 10.3 Å². The molecule has 3 aromatic rings. The molecule has 7 heteroatoms. The Balaban J connectivity index is 1.51. The van der Waals surface area contributed by atoms with Crippen molar-refractivity contribution in [3.8, 4) is 21.8 Å². The number of nitro benzene ring substituents is 1. The zero-order valence-corrected chi connectivity index (χ0v) is 15.2. The van der Waals surface area contributed by atoms with E-state index in [-0.39, 0.29) is 11.6 Å². The van der Waals surface area contributed by atoms with Gasteiger partial charge in [0.15, 0.2) is 0 Å². The van der Waals surface area contributed by atoms with Crippen molar-refractivity contribution < 1.29 is 9.72 Å². The highest BCUT2D eigenvalue weighted by Crippen LogP contribution is 2.40. The minimum absolute atomic E-state index is 0.0717. The standard InChI is InChI=1S/C20H15N3O3S/c24-18-10-15-9-14(8-13-2-1-7-22(18)19(13)15)17-11-27-20(21-17)12-3-5-16(6-4-12)23(25)26/h3-6,8-9,11H,1-2,7,10H2. The monoisotopic (exact) mass is 377 g/mol. The van der Waals surface area contributed by atoms with Crippen LogP contribution in [0.3, 0.4) is 0 Å². The SMILES string of the molecule is O=C1Cc2cc(-c3csc(-c4ccc([N+](=O)[O-])cc4)n3)cc3c2N1CCC3. The van der Waals surface area contributed by atoms with E-state index in [9.17, 15) is 14.9 Å². The Morgan fingerprint density at radius 2 is 1.89 bits per heavy atom. The number of hydrogen-bond acceptors (Lipinski definition) is 5. The lowest BCUT2D eigenvalue weighted by Gasteiger charge is -2.25. The van der Waals surface area contributed by atoms with Crippen molar-refractivity contribution in [3.05, 3.63) is 63.0 Å². The van der Waals surface area contributed by atoms with E-state index in [2.05, 4.69) is 12.1 Å². The van der Waals surface area contributed by atoms with Crippen molar-refractivity contribution >= 4 is 28.6 Å². The number of nitrogens with zero attached hydrogens (tertiary/aromatic N) is 3. The second-order valence-electron chi connectivity index (χ2n) is 6.81. The van der Waals surface area contributed by atoms with Gasteiger partial charge in [-0.1, -0.05) is 0 Å². The molecule has 5 rings (SSSR count). The normalized spacial score (nSPS) is 15.1. The zero-order chi connectivity index (χ0) is 18.5. The average Bonchev–Trinajstić information content (AvgIpc) is 3.28. The number of aromatic nitrogens is 1. The van der Waals surface area contributed by atoms with Crippen LogP contribution in [-0.4, -0.2) is 22.4 Å². The number of anilines is 1. The second-order valence-corrected chi connectivity index (χ2v) is 7.67. The number of amides is 1. The molecule has 27 heavy (non-hydrogen) atoms. The maximum atomic E-state index is 12.2. The molecule has 0 atom stereocenters. The van der Waals surface area contributed by atoms with Crippen molar-refractivity contribution in [1.29, 1.82) is 0 Å². The summed E-state index contributed by atoms with van der Waals surface area (Å²) in [4.78, 5) is 29.3. The van der Waals surface area contributed by atoms with Crippen LogP contribution >= 0.6 is 11.3 Å². The van der Waals surface area contributed by atoms with Crippen LogP contribution in [0.25, 0.3) is 21.8 Å². The smallest absolute Gasteiger partial charge is 0.269 e. The summed E-state index contributed by atoms with van der Waals surface area (Å²) in [7, 11) is 0. The maximum Gasteiger partial charge on any atom is 0.269 e. The van der Waals surface area contributed by atoms with Crippen LogP contribution in [0.2, 0.25) is 0 Å². The number of carbonyl (C=O) groups excluding carboxylic acids is 1. The Morgan fingerprint density at radius 1 is 1.11 bits per heavy atom. The average molecular weight is 377 g/mol. The van der Waals surface area contributed by atoms with Gasteiger partial charge in [-0.25, -0.2) is 4.98 Å². The first-order valence-electron chi connectivity index (χ1n) is 8.77. The van der Waals surface area contributed by atoms with E-state index in [0.29, 0.717) is 6.42 Å². The molecule has 3 heterocycles. The second kappa shape index (κ2) is 5.99. The molecule has 0 saturated heterocycles. The highest BCUT2D eigenvalue weighted by Gasteiger charge is 2.32. The number of rotatable bonds is 3. The summed E-state index contributed by atoms with van der Waals surface area (Å²) in [5, 5.41) is 13.6. The molecule has 6 nitrogen and oxygen atoms in total. The summed E-state index contributed by atoms with van der Waals surface area (Å²) in [6, 6.07) is 10.7. The van der Waals surface area contributed by atoms with Crippen LogP contribution in [0.15, 0.2) is 41.8 Å². The van der Waals surface area contributed by atoms with Crippen molar-refractivity contribution in [1.82, 2.24) is 4.98 Å². The Hall–Kier alpha value is -3.06. The van der Waals surface area contributed by atoms with Crippen LogP contribution in [0.5, 0.6) is 0 Å². The molecule has 0 N–H and O–H groups in total. The van der Waals surface area contributed by atoms with Gasteiger partial charge < -0.3 is 4.90 Å². The van der Waals surface area contributed by atoms with Gasteiger partial charge in [-0.15, -0.1) is 11.3 Å². The third kappa shape index (κ3) is 2.62. The third-order valence-corrected chi connectivity index (χ3v) is 6.02. The summed E-state index contributed by atoms with van der Waals surface area (Å²) in [5.74, 6) is 0.188. The summed E-state index contributed by atoms with van der Waals surface area (Å²) < 4.78 is 0. The van der Waals surface area contributed by atoms with Crippen LogP contribution in [-0.2, 0) is 17.6 Å². The molecule has 0 radical (unpaired) electrons. The maximum absolute atomic E-state index is 12.2. The molecule has 2 aromatic carbocycles. The Bertz CT molecular complexity index is 1090. The van der Waals surface area contributed by atoms with Crippen molar-refractivity contribution in [3.63, 3.8) is 0 Å². The summed E-state index contributed by atoms with van der Waals surface area (Å²) in [5.41, 5.74) is 6.28. The highest BCUT2D eigenvalue weighted by molar-refractivity contribution is 7.13. The predicted molar refractivity (Wildman–Crippen MR) is 104 cm³/mol. The summed E-state index contributed by atoms with van der Waals surface area (Å²) in [6.45, 7) is 0.819. The number of aryl methyl sites for hydroxylation is 1. The first kappa shape index (κ1) is 16.1. The van der Waals surface area contributed by atoms with E-state index >= 15 is 0 Å². The van der Waals surface area contributed by atoms with Crippen molar-refractivity contribution in [2.24, 2.45) is 0 Å². The predicted octanol–water partition coefficient (Wildman–Crippen LogP) is 4.22. The fourth-order valence-corrected chi connectivity index (χ4v) is 4.73. The van der Waals surface area contributed by atoms with Gasteiger partial charge in [-0.05, 0) is 48.2 Å². The first-order valence-corrected chi connectivity index (χ1v) is 9.65. The zero-order valence-electron chi connectivity index (χ0n) is 14.3. The molecule has 1 amide bonds. The van der Waals surface area contributed by atoms with Gasteiger partial charge in [0.1, 0.15) is 5.01 Å². The molecular weight excluding hydrogens is 362 g/mol. The minimum atomic E-state index is -0.405. The number of nitro groups is 1. The highest BCUT2D eigenvalue weighted by atomic mass is 32.1. The molecule has 2 aliphatic heterocycles. The van der Waals surface area contributed by atoms with E-state index in [1.54, 1.807) is 12.1 Å². The fourth-order valence-electron chi connectivity index (χ4n) is 3.89. The molecule has 134 valence electrons. The lowest BCUT2D eigenvalue weighted by Crippen LogP contribution is -2.31. The van der Waals surface area contributed by atoms with E-state index in [0.717, 1.165) is 52.5 Å². The molecular formula is C20H15N3O3S. The van der Waals surface area contributed by atoms with Gasteiger partial charge in [-0.3, -0.25) is 14.9 Å². The van der Waals surface area contributed by atoms with Crippen LogP contribution in [0.4, 0.5) is 11.4 Å². The summed E-state index contributed by atoms with van der Waals surface area (Å²) in [6.07, 6.45) is 2.45. The molecule has 0 saturated carbocycles. The molecule has 0 bridgehead atoms. The van der Waals surface area contributed by atoms with Crippen LogP contribution < -0.4 is 4.90 Å². The van der Waals surface area contributed by atoms with Crippen LogP contribution in [0, 0.1) is 10.1 Å². The number of hydrogen-bond donors (Lipinski definition) is 0. The van der Waals surface area contributed by atoms with Crippen LogP contribution in [0.1, 0.15) is 17.5 Å². The van der Waals surface area contributed by atoms with E-state index in [1.165, 1.54) is 29.0 Å². The lowest BCUT2D eigenvalue weighted by atomic mass is 9.96. The van der Waals surface area contributed by atoms with Crippen molar-refractivity contribution in [2.75, 3.05) is 11.4 Å². The van der Waals surface area contributed by atoms with Gasteiger partial charge in [0.05, 0.1) is 22.7 Å². The van der Waals surface area contributed by atoms with E-state index < -0.39 is 4.92 Å². The molecule has 0 unspecified atom stereocenters. The van der Waals surface area contributed by atoms with Gasteiger partial charge in [-0.2, -0.15) is 0 Å². The largest absolute Gasteiger partial charge is 0.312 e. The van der Waals surface area contributed by atoms with Crippen molar-refractivity contribution in [2.45, 2.75) is 19.3 Å². The molecule has 0 fully saturated rings. The summed E-state index contributed by atoms with van der Waals surface area (Å²) >= 11 is 1.52. The number of benzene rings is 2.